The van der Waals surface area contributed by atoms with Crippen molar-refractivity contribution in [1.29, 1.82) is 0 Å². The molecule has 0 aliphatic carbocycles. The van der Waals surface area contributed by atoms with Gasteiger partial charge in [-0.25, -0.2) is 0 Å². The van der Waals surface area contributed by atoms with Gasteiger partial charge in [-0.05, 0) is 34.1 Å². The molecule has 0 heteroatoms. The maximum absolute atomic E-state index is 2.16. The van der Waals surface area contributed by atoms with Crippen molar-refractivity contribution in [3.63, 3.8) is 0 Å². The maximum Gasteiger partial charge on any atom is -0.0114 e. The van der Waals surface area contributed by atoms with Crippen LogP contribution < -0.4 is 0 Å². The molecule has 0 aromatic heterocycles. The fourth-order valence-corrected chi connectivity index (χ4v) is 0.644. The van der Waals surface area contributed by atoms with Gasteiger partial charge in [-0.1, -0.05) is 23.3 Å². The van der Waals surface area contributed by atoms with E-state index in [1.54, 1.807) is 0 Å². The van der Waals surface area contributed by atoms with Gasteiger partial charge in [0.15, 0.2) is 0 Å². The zero-order valence-corrected chi connectivity index (χ0v) is 6.86. The maximum atomic E-state index is 2.16. The predicted octanol–water partition coefficient (Wildman–Crippen LogP) is 3.31. The number of hydrogen-bond donors (Lipinski definition) is 0. The lowest BCUT2D eigenvalue weighted by molar-refractivity contribution is 1.09. The van der Waals surface area contributed by atoms with Gasteiger partial charge in [0.25, 0.3) is 0 Å². The van der Waals surface area contributed by atoms with Gasteiger partial charge in [0.2, 0.25) is 0 Å². The molecule has 0 aliphatic rings. The van der Waals surface area contributed by atoms with Crippen LogP contribution in [0.1, 0.15) is 34.1 Å². The Bertz CT molecular complexity index is 111. The van der Waals surface area contributed by atoms with Gasteiger partial charge in [0.05, 0.1) is 0 Å². The first kappa shape index (κ1) is 8.48. The highest BCUT2D eigenvalue weighted by molar-refractivity contribution is 5.10. The van der Waals surface area contributed by atoms with Crippen LogP contribution in [0.4, 0.5) is 0 Å². The summed E-state index contributed by atoms with van der Waals surface area (Å²) in [7, 11) is 0. The fraction of sp³-hybridized carbons (Fsp3) is 0.556. The molecule has 0 spiro atoms. The van der Waals surface area contributed by atoms with E-state index in [1.165, 1.54) is 11.1 Å². The highest BCUT2D eigenvalue weighted by Crippen LogP contribution is 2.07. The summed E-state index contributed by atoms with van der Waals surface area (Å²) in [6.45, 7) is 8.48. The molecular weight excluding hydrogens is 108 g/mol. The first-order valence-corrected chi connectivity index (χ1v) is 3.44. The summed E-state index contributed by atoms with van der Waals surface area (Å²) >= 11 is 0. The van der Waals surface area contributed by atoms with Crippen LogP contribution in [0, 0.1) is 0 Å². The van der Waals surface area contributed by atoms with E-state index < -0.39 is 0 Å². The second-order valence-corrected chi connectivity index (χ2v) is 2.45. The zero-order chi connectivity index (χ0) is 7.28. The number of hydrogen-bond acceptors (Lipinski definition) is 0. The summed E-state index contributed by atoms with van der Waals surface area (Å²) in [6.07, 6.45) is 5.45. The topological polar surface area (TPSA) is 0 Å². The Labute approximate surface area is 58.3 Å². The molecule has 0 atom stereocenters. The summed E-state index contributed by atoms with van der Waals surface area (Å²) < 4.78 is 0. The van der Waals surface area contributed by atoms with Gasteiger partial charge in [-0.3, -0.25) is 0 Å². The van der Waals surface area contributed by atoms with E-state index in [2.05, 4.69) is 39.8 Å². The van der Waals surface area contributed by atoms with Crippen LogP contribution in [-0.2, 0) is 0 Å². The smallest absolute Gasteiger partial charge is 0.0114 e. The van der Waals surface area contributed by atoms with Crippen molar-refractivity contribution in [1.82, 2.24) is 0 Å². The van der Waals surface area contributed by atoms with E-state index in [9.17, 15) is 0 Å². The summed E-state index contributed by atoms with van der Waals surface area (Å²) in [5, 5.41) is 0. The van der Waals surface area contributed by atoms with Gasteiger partial charge in [0.1, 0.15) is 0 Å². The van der Waals surface area contributed by atoms with Gasteiger partial charge >= 0.3 is 0 Å². The first-order chi connectivity index (χ1) is 4.20. The Balaban J connectivity index is 3.75. The third kappa shape index (κ3) is 4.01. The van der Waals surface area contributed by atoms with Gasteiger partial charge in [-0.2, -0.15) is 0 Å². The van der Waals surface area contributed by atoms with Crippen LogP contribution in [-0.4, -0.2) is 0 Å². The van der Waals surface area contributed by atoms with E-state index in [0.29, 0.717) is 0 Å². The SMILES string of the molecule is CC=C(C)CC(C)=CC. The molecule has 0 saturated carbocycles. The quantitative estimate of drug-likeness (QED) is 0.495. The molecule has 0 radical (unpaired) electrons. The molecule has 0 aromatic carbocycles. The minimum Gasteiger partial charge on any atom is -0.0884 e. The second-order valence-electron chi connectivity index (χ2n) is 2.45. The second kappa shape index (κ2) is 4.37. The summed E-state index contributed by atoms with van der Waals surface area (Å²) in [5.74, 6) is 0. The van der Waals surface area contributed by atoms with Crippen LogP contribution >= 0.6 is 0 Å². The lowest BCUT2D eigenvalue weighted by atomic mass is 10.1. The van der Waals surface area contributed by atoms with Crippen molar-refractivity contribution in [2.45, 2.75) is 34.1 Å². The van der Waals surface area contributed by atoms with Crippen LogP contribution in [0.5, 0.6) is 0 Å². The van der Waals surface area contributed by atoms with Crippen molar-refractivity contribution in [2.75, 3.05) is 0 Å². The van der Waals surface area contributed by atoms with Crippen LogP contribution in [0.25, 0.3) is 0 Å². The van der Waals surface area contributed by atoms with Gasteiger partial charge in [-0.15, -0.1) is 0 Å². The Morgan fingerprint density at radius 1 is 1.00 bits per heavy atom. The standard InChI is InChI=1S/C9H16/c1-5-8(3)7-9(4)6-2/h5-6H,7H2,1-4H3. The van der Waals surface area contributed by atoms with Crippen molar-refractivity contribution < 1.29 is 0 Å². The van der Waals surface area contributed by atoms with Crippen LogP contribution in [0.3, 0.4) is 0 Å². The third-order valence-electron chi connectivity index (χ3n) is 1.54. The van der Waals surface area contributed by atoms with E-state index >= 15 is 0 Å². The minimum atomic E-state index is 1.13. The molecule has 0 aliphatic heterocycles. The number of allylic oxidation sites excluding steroid dienone is 4. The molecule has 0 unspecified atom stereocenters. The molecular formula is C9H16. The zero-order valence-electron chi connectivity index (χ0n) is 6.86. The van der Waals surface area contributed by atoms with Crippen molar-refractivity contribution in [3.05, 3.63) is 23.3 Å². The van der Waals surface area contributed by atoms with Crippen molar-refractivity contribution in [2.24, 2.45) is 0 Å². The lowest BCUT2D eigenvalue weighted by Crippen LogP contribution is -1.77. The molecule has 0 saturated heterocycles. The highest BCUT2D eigenvalue weighted by Gasteiger charge is 1.87. The molecule has 0 aromatic rings. The number of rotatable bonds is 2. The summed E-state index contributed by atoms with van der Waals surface area (Å²) in [4.78, 5) is 0. The van der Waals surface area contributed by atoms with Crippen molar-refractivity contribution in [3.8, 4) is 0 Å². The van der Waals surface area contributed by atoms with Crippen LogP contribution in [0.15, 0.2) is 23.3 Å². The lowest BCUT2D eigenvalue weighted by Gasteiger charge is -1.97. The van der Waals surface area contributed by atoms with Crippen LogP contribution in [0.2, 0.25) is 0 Å². The minimum absolute atomic E-state index is 1.13. The molecule has 52 valence electrons. The third-order valence-corrected chi connectivity index (χ3v) is 1.54. The average Bonchev–Trinajstić information content (AvgIpc) is 1.87. The molecule has 0 amide bonds. The largest absolute Gasteiger partial charge is 0.0884 e. The fourth-order valence-electron chi connectivity index (χ4n) is 0.644. The Morgan fingerprint density at radius 2 is 1.33 bits per heavy atom. The van der Waals surface area contributed by atoms with E-state index in [1.807, 2.05) is 0 Å². The monoisotopic (exact) mass is 124 g/mol. The summed E-state index contributed by atoms with van der Waals surface area (Å²) in [6, 6.07) is 0. The molecule has 0 heterocycles. The van der Waals surface area contributed by atoms with E-state index in [4.69, 9.17) is 0 Å². The van der Waals surface area contributed by atoms with E-state index in [-0.39, 0.29) is 0 Å². The molecule has 0 rings (SSSR count). The Hall–Kier alpha value is -0.520. The Kier molecular flexibility index (Phi) is 4.12. The summed E-state index contributed by atoms with van der Waals surface area (Å²) in [5.41, 5.74) is 2.90. The predicted molar refractivity (Wildman–Crippen MR) is 43.5 cm³/mol. The molecule has 0 nitrogen and oxygen atoms in total. The first-order valence-electron chi connectivity index (χ1n) is 3.44. The normalized spacial score (nSPS) is 14.2. The molecule has 9 heavy (non-hydrogen) atoms. The molecule has 0 bridgehead atoms. The Morgan fingerprint density at radius 3 is 1.56 bits per heavy atom. The van der Waals surface area contributed by atoms with E-state index in [0.717, 1.165) is 6.42 Å². The molecule has 0 fully saturated rings. The van der Waals surface area contributed by atoms with Crippen molar-refractivity contribution >= 4 is 0 Å². The van der Waals surface area contributed by atoms with Gasteiger partial charge in [0, 0.05) is 0 Å². The average molecular weight is 124 g/mol. The van der Waals surface area contributed by atoms with Gasteiger partial charge < -0.3 is 0 Å². The highest BCUT2D eigenvalue weighted by atomic mass is 13.9. The molecule has 0 N–H and O–H groups in total.